The van der Waals surface area contributed by atoms with E-state index in [0.29, 0.717) is 36.4 Å². The number of hydrogen-bond acceptors (Lipinski definition) is 6. The van der Waals surface area contributed by atoms with E-state index in [1.807, 2.05) is 0 Å². The Morgan fingerprint density at radius 2 is 1.70 bits per heavy atom. The smallest absolute Gasteiger partial charge is 0.305 e. The van der Waals surface area contributed by atoms with Gasteiger partial charge in [0.05, 0.1) is 19.1 Å². The van der Waals surface area contributed by atoms with E-state index in [4.69, 9.17) is 4.74 Å². The van der Waals surface area contributed by atoms with E-state index in [1.54, 1.807) is 37.3 Å². The summed E-state index contributed by atoms with van der Waals surface area (Å²) in [4.78, 5) is 23.6. The van der Waals surface area contributed by atoms with Gasteiger partial charge in [-0.25, -0.2) is 8.42 Å². The number of benzene rings is 2. The minimum absolute atomic E-state index is 0.0141. The molecule has 30 heavy (non-hydrogen) atoms. The number of methoxy groups -OCH3 is 2. The van der Waals surface area contributed by atoms with Crippen molar-refractivity contribution in [1.82, 2.24) is 5.32 Å². The number of amides is 1. The summed E-state index contributed by atoms with van der Waals surface area (Å²) < 4.78 is 37.5. The Hall–Kier alpha value is -3.07. The summed E-state index contributed by atoms with van der Waals surface area (Å²) in [6, 6.07) is 10.9. The molecule has 0 aromatic heterocycles. The number of nitrogens with one attached hydrogen (secondary N) is 2. The molecular weight excluding hydrogens is 408 g/mol. The van der Waals surface area contributed by atoms with Crippen LogP contribution in [0, 0.1) is 6.92 Å². The topological polar surface area (TPSA) is 111 Å². The third-order valence-corrected chi connectivity index (χ3v) is 5.81. The van der Waals surface area contributed by atoms with Crippen molar-refractivity contribution in [2.24, 2.45) is 0 Å². The van der Waals surface area contributed by atoms with Crippen molar-refractivity contribution in [3.8, 4) is 5.75 Å². The number of ether oxygens (including phenoxy) is 2. The highest BCUT2D eigenvalue weighted by atomic mass is 32.2. The fourth-order valence-corrected chi connectivity index (χ4v) is 3.76. The maximum atomic E-state index is 12.7. The quantitative estimate of drug-likeness (QED) is 0.439. The number of carbonyl (C=O) groups is 2. The number of rotatable bonds is 10. The number of hydrogen-bond donors (Lipinski definition) is 2. The van der Waals surface area contributed by atoms with Crippen LogP contribution in [0.4, 0.5) is 5.69 Å². The fraction of sp³-hybridized carbons (Fsp3) is 0.333. The zero-order valence-electron chi connectivity index (χ0n) is 17.2. The summed E-state index contributed by atoms with van der Waals surface area (Å²) in [5.41, 5.74) is 1.32. The third-order valence-electron chi connectivity index (χ3n) is 4.43. The molecule has 0 radical (unpaired) electrons. The van der Waals surface area contributed by atoms with Crippen LogP contribution in [-0.2, 0) is 19.6 Å². The molecule has 0 heterocycles. The Balaban J connectivity index is 2.05. The largest absolute Gasteiger partial charge is 0.497 e. The molecule has 0 aliphatic rings. The number of sulfonamides is 1. The predicted molar refractivity (Wildman–Crippen MR) is 113 cm³/mol. The molecule has 162 valence electrons. The molecule has 1 amide bonds. The lowest BCUT2D eigenvalue weighted by Crippen LogP contribution is -2.26. The molecule has 2 N–H and O–H groups in total. The fourth-order valence-electron chi connectivity index (χ4n) is 2.68. The van der Waals surface area contributed by atoms with Crippen molar-refractivity contribution in [3.63, 3.8) is 0 Å². The van der Waals surface area contributed by atoms with Crippen LogP contribution < -0.4 is 14.8 Å². The van der Waals surface area contributed by atoms with E-state index in [-0.39, 0.29) is 28.8 Å². The molecule has 0 unspecified atom stereocenters. The van der Waals surface area contributed by atoms with Gasteiger partial charge in [-0.3, -0.25) is 14.3 Å². The van der Waals surface area contributed by atoms with Gasteiger partial charge in [0.25, 0.3) is 15.9 Å². The second-order valence-corrected chi connectivity index (χ2v) is 8.28. The van der Waals surface area contributed by atoms with Crippen LogP contribution in [-0.4, -0.2) is 41.1 Å². The molecule has 9 heteroatoms. The summed E-state index contributed by atoms with van der Waals surface area (Å²) in [5, 5.41) is 2.75. The number of carbonyl (C=O) groups excluding carboxylic acids is 2. The average molecular weight is 435 g/mol. The Morgan fingerprint density at radius 3 is 2.33 bits per heavy atom. The van der Waals surface area contributed by atoms with Crippen molar-refractivity contribution < 1.29 is 27.5 Å². The van der Waals surface area contributed by atoms with Crippen LogP contribution in [0.25, 0.3) is 0 Å². The predicted octanol–water partition coefficient (Wildman–Crippen LogP) is 2.88. The Kier molecular flexibility index (Phi) is 8.23. The summed E-state index contributed by atoms with van der Waals surface area (Å²) in [7, 11) is -1.01. The second-order valence-electron chi connectivity index (χ2n) is 6.60. The van der Waals surface area contributed by atoms with Gasteiger partial charge in [-0.15, -0.1) is 0 Å². The molecule has 2 aromatic rings. The van der Waals surface area contributed by atoms with E-state index < -0.39 is 10.0 Å². The molecule has 0 saturated heterocycles. The van der Waals surface area contributed by atoms with Crippen LogP contribution in [0.3, 0.4) is 0 Å². The minimum Gasteiger partial charge on any atom is -0.497 e. The molecule has 8 nitrogen and oxygen atoms in total. The Labute approximate surface area is 176 Å². The first-order valence-corrected chi connectivity index (χ1v) is 10.9. The number of aryl methyl sites for hydroxylation is 1. The molecule has 0 saturated carbocycles. The van der Waals surface area contributed by atoms with Gasteiger partial charge in [-0.2, -0.15) is 0 Å². The van der Waals surface area contributed by atoms with Gasteiger partial charge in [0, 0.05) is 24.2 Å². The zero-order chi connectivity index (χ0) is 22.1. The first-order chi connectivity index (χ1) is 14.3. The molecule has 0 aliphatic carbocycles. The van der Waals surface area contributed by atoms with Crippen LogP contribution in [0.2, 0.25) is 0 Å². The summed E-state index contributed by atoms with van der Waals surface area (Å²) in [6.07, 6.45) is 1.49. The van der Waals surface area contributed by atoms with E-state index in [1.165, 1.54) is 26.4 Å². The van der Waals surface area contributed by atoms with Crippen molar-refractivity contribution in [2.75, 3.05) is 25.5 Å². The third kappa shape index (κ3) is 6.48. The normalized spacial score (nSPS) is 10.9. The lowest BCUT2D eigenvalue weighted by atomic mass is 10.1. The lowest BCUT2D eigenvalue weighted by molar-refractivity contribution is -0.140. The molecule has 2 rings (SSSR count). The zero-order valence-corrected chi connectivity index (χ0v) is 18.0. The minimum atomic E-state index is -3.87. The molecule has 0 bridgehead atoms. The van der Waals surface area contributed by atoms with Gasteiger partial charge >= 0.3 is 5.97 Å². The first-order valence-electron chi connectivity index (χ1n) is 9.39. The summed E-state index contributed by atoms with van der Waals surface area (Å²) in [5.74, 6) is -0.0506. The summed E-state index contributed by atoms with van der Waals surface area (Å²) in [6.45, 7) is 2.11. The number of unbranched alkanes of at least 4 members (excludes halogenated alkanes) is 1. The first kappa shape index (κ1) is 23.2. The molecule has 0 spiro atoms. The van der Waals surface area contributed by atoms with Crippen molar-refractivity contribution >= 4 is 27.6 Å². The Morgan fingerprint density at radius 1 is 1.00 bits per heavy atom. The van der Waals surface area contributed by atoms with Crippen LogP contribution in [0.1, 0.15) is 35.2 Å². The standard InChI is InChI=1S/C21H26N2O6S/c1-15-7-12-18(30(26,27)23-16-8-10-17(28-2)11-9-16)14-19(15)21(25)22-13-5-4-6-20(24)29-3/h7-12,14,23H,4-6,13H2,1-3H3,(H,22,25). The molecule has 0 atom stereocenters. The van der Waals surface area contributed by atoms with Crippen molar-refractivity contribution in [1.29, 1.82) is 0 Å². The average Bonchev–Trinajstić information content (AvgIpc) is 2.73. The van der Waals surface area contributed by atoms with Crippen LogP contribution >= 0.6 is 0 Å². The van der Waals surface area contributed by atoms with Gasteiger partial charge in [0.15, 0.2) is 0 Å². The van der Waals surface area contributed by atoms with Crippen LogP contribution in [0.15, 0.2) is 47.4 Å². The number of esters is 1. The molecular formula is C21H26N2O6S. The Bertz CT molecular complexity index is 987. The maximum Gasteiger partial charge on any atom is 0.305 e. The molecule has 0 aliphatic heterocycles. The highest BCUT2D eigenvalue weighted by molar-refractivity contribution is 7.92. The van der Waals surface area contributed by atoms with Gasteiger partial charge in [-0.1, -0.05) is 6.07 Å². The molecule has 0 fully saturated rings. The summed E-state index contributed by atoms with van der Waals surface area (Å²) >= 11 is 0. The second kappa shape index (κ2) is 10.6. The van der Waals surface area contributed by atoms with Gasteiger partial charge in [0.2, 0.25) is 0 Å². The molecule has 2 aromatic carbocycles. The number of anilines is 1. The highest BCUT2D eigenvalue weighted by Gasteiger charge is 2.18. The van der Waals surface area contributed by atoms with E-state index in [9.17, 15) is 18.0 Å². The van der Waals surface area contributed by atoms with E-state index >= 15 is 0 Å². The van der Waals surface area contributed by atoms with Gasteiger partial charge < -0.3 is 14.8 Å². The monoisotopic (exact) mass is 434 g/mol. The lowest BCUT2D eigenvalue weighted by Gasteiger charge is -2.12. The van der Waals surface area contributed by atoms with Crippen molar-refractivity contribution in [3.05, 3.63) is 53.6 Å². The van der Waals surface area contributed by atoms with E-state index in [0.717, 1.165) is 0 Å². The van der Waals surface area contributed by atoms with Gasteiger partial charge in [-0.05, 0) is 61.7 Å². The van der Waals surface area contributed by atoms with Gasteiger partial charge in [0.1, 0.15) is 5.75 Å². The maximum absolute atomic E-state index is 12.7. The van der Waals surface area contributed by atoms with Crippen molar-refractivity contribution in [2.45, 2.75) is 31.1 Å². The highest BCUT2D eigenvalue weighted by Crippen LogP contribution is 2.21. The van der Waals surface area contributed by atoms with E-state index in [2.05, 4.69) is 14.8 Å². The SMILES string of the molecule is COC(=O)CCCCNC(=O)c1cc(S(=O)(=O)Nc2ccc(OC)cc2)ccc1C. The van der Waals surface area contributed by atoms with Crippen LogP contribution in [0.5, 0.6) is 5.75 Å².